The summed E-state index contributed by atoms with van der Waals surface area (Å²) in [5.41, 5.74) is 1.18. The van der Waals surface area contributed by atoms with Gasteiger partial charge in [-0.05, 0) is 30.7 Å². The predicted molar refractivity (Wildman–Crippen MR) is 105 cm³/mol. The maximum atomic E-state index is 12.6. The van der Waals surface area contributed by atoms with E-state index in [0.29, 0.717) is 37.9 Å². The van der Waals surface area contributed by atoms with Crippen LogP contribution in [0.2, 0.25) is 0 Å². The van der Waals surface area contributed by atoms with Gasteiger partial charge in [0.05, 0.1) is 0 Å². The van der Waals surface area contributed by atoms with Gasteiger partial charge in [-0.1, -0.05) is 6.07 Å². The van der Waals surface area contributed by atoms with Crippen LogP contribution in [0.5, 0.6) is 11.5 Å². The average molecular weight is 386 g/mol. The zero-order valence-electron chi connectivity index (χ0n) is 16.3. The second kappa shape index (κ2) is 7.81. The molecule has 1 aromatic heterocycles. The highest BCUT2D eigenvalue weighted by molar-refractivity contribution is 5.43. The predicted octanol–water partition coefficient (Wildman–Crippen LogP) is 0.219. The van der Waals surface area contributed by atoms with E-state index in [1.54, 1.807) is 13.2 Å². The van der Waals surface area contributed by atoms with Gasteiger partial charge in [0.2, 0.25) is 0 Å². The molecule has 150 valence electrons. The Morgan fingerprint density at radius 3 is 2.68 bits per heavy atom. The summed E-state index contributed by atoms with van der Waals surface area (Å²) in [7, 11) is 3.20. The van der Waals surface area contributed by atoms with Crippen molar-refractivity contribution in [3.63, 3.8) is 0 Å². The van der Waals surface area contributed by atoms with E-state index in [4.69, 9.17) is 9.47 Å². The molecule has 1 aromatic carbocycles. The zero-order chi connectivity index (χ0) is 19.7. The first-order valence-electron chi connectivity index (χ1n) is 9.62. The van der Waals surface area contributed by atoms with Crippen molar-refractivity contribution in [3.8, 4) is 11.5 Å². The first-order chi connectivity index (χ1) is 13.5. The first kappa shape index (κ1) is 18.8. The number of hydrogen-bond donors (Lipinski definition) is 1. The SMILES string of the molecule is Cn1cc(CN(Cc2ccc3c(c2)OCCO3)[C@@H]2CCNC2)c(=O)n(C)c1=O. The summed E-state index contributed by atoms with van der Waals surface area (Å²) in [6, 6.07) is 6.33. The molecule has 0 spiro atoms. The van der Waals surface area contributed by atoms with Gasteiger partial charge in [0.1, 0.15) is 13.2 Å². The van der Waals surface area contributed by atoms with Gasteiger partial charge in [-0.2, -0.15) is 0 Å². The summed E-state index contributed by atoms with van der Waals surface area (Å²) in [5.74, 6) is 1.54. The number of fused-ring (bicyclic) bond motifs is 1. The van der Waals surface area contributed by atoms with Gasteiger partial charge in [0, 0.05) is 51.5 Å². The third-order valence-corrected chi connectivity index (χ3v) is 5.43. The average Bonchev–Trinajstić information content (AvgIpc) is 3.24. The highest BCUT2D eigenvalue weighted by Crippen LogP contribution is 2.31. The Labute approximate surface area is 163 Å². The maximum Gasteiger partial charge on any atom is 0.330 e. The standard InChI is InChI=1S/C20H26N4O4/c1-22-12-15(19(25)23(2)20(22)26)13-24(16-5-6-21-10-16)11-14-3-4-17-18(9-14)28-8-7-27-17/h3-4,9,12,16,21H,5-8,10-11,13H2,1-2H3/t16-/m1/s1. The fraction of sp³-hybridized carbons (Fsp3) is 0.500. The Bertz CT molecular complexity index is 975. The third-order valence-electron chi connectivity index (χ3n) is 5.43. The van der Waals surface area contributed by atoms with Gasteiger partial charge >= 0.3 is 5.69 Å². The summed E-state index contributed by atoms with van der Waals surface area (Å²) in [5, 5.41) is 3.40. The van der Waals surface area contributed by atoms with E-state index in [0.717, 1.165) is 36.6 Å². The molecule has 0 saturated carbocycles. The van der Waals surface area contributed by atoms with Gasteiger partial charge in [-0.3, -0.25) is 14.3 Å². The Balaban J connectivity index is 1.62. The molecular formula is C20H26N4O4. The van der Waals surface area contributed by atoms with Crippen LogP contribution in [0.1, 0.15) is 17.5 Å². The fourth-order valence-electron chi connectivity index (χ4n) is 3.90. The molecule has 1 N–H and O–H groups in total. The minimum Gasteiger partial charge on any atom is -0.486 e. The third kappa shape index (κ3) is 3.70. The molecule has 8 nitrogen and oxygen atoms in total. The monoisotopic (exact) mass is 386 g/mol. The number of aromatic nitrogens is 2. The van der Waals surface area contributed by atoms with Gasteiger partial charge in [0.25, 0.3) is 5.56 Å². The normalized spacial score (nSPS) is 18.6. The van der Waals surface area contributed by atoms with Gasteiger partial charge in [-0.25, -0.2) is 4.79 Å². The number of benzene rings is 1. The quantitative estimate of drug-likeness (QED) is 0.792. The highest BCUT2D eigenvalue weighted by atomic mass is 16.6. The molecule has 8 heteroatoms. The molecule has 0 aliphatic carbocycles. The maximum absolute atomic E-state index is 12.6. The fourth-order valence-corrected chi connectivity index (χ4v) is 3.90. The lowest BCUT2D eigenvalue weighted by Crippen LogP contribution is -2.42. The van der Waals surface area contributed by atoms with Crippen LogP contribution in [-0.4, -0.2) is 46.4 Å². The lowest BCUT2D eigenvalue weighted by Gasteiger charge is -2.29. The van der Waals surface area contributed by atoms with E-state index in [1.165, 1.54) is 16.2 Å². The number of rotatable bonds is 5. The summed E-state index contributed by atoms with van der Waals surface area (Å²) < 4.78 is 13.9. The zero-order valence-corrected chi connectivity index (χ0v) is 16.3. The van der Waals surface area contributed by atoms with Crippen molar-refractivity contribution in [1.29, 1.82) is 0 Å². The highest BCUT2D eigenvalue weighted by Gasteiger charge is 2.24. The Kier molecular flexibility index (Phi) is 5.23. The molecular weight excluding hydrogens is 360 g/mol. The summed E-state index contributed by atoms with van der Waals surface area (Å²) in [4.78, 5) is 26.9. The molecule has 0 bridgehead atoms. The minimum absolute atomic E-state index is 0.235. The number of ether oxygens (including phenoxy) is 2. The van der Waals surface area contributed by atoms with Crippen LogP contribution in [0.25, 0.3) is 0 Å². The van der Waals surface area contributed by atoms with E-state index >= 15 is 0 Å². The molecule has 1 atom stereocenters. The molecule has 1 saturated heterocycles. The van der Waals surface area contributed by atoms with Crippen LogP contribution in [-0.2, 0) is 27.2 Å². The molecule has 0 unspecified atom stereocenters. The van der Waals surface area contributed by atoms with Crippen LogP contribution >= 0.6 is 0 Å². The summed E-state index contributed by atoms with van der Waals surface area (Å²) in [6.07, 6.45) is 2.68. The van der Waals surface area contributed by atoms with E-state index < -0.39 is 0 Å². The van der Waals surface area contributed by atoms with Gasteiger partial charge in [0.15, 0.2) is 11.5 Å². The first-order valence-corrected chi connectivity index (χ1v) is 9.62. The van der Waals surface area contributed by atoms with Crippen molar-refractivity contribution in [2.45, 2.75) is 25.6 Å². The van der Waals surface area contributed by atoms with E-state index in [1.807, 2.05) is 18.2 Å². The second-order valence-electron chi connectivity index (χ2n) is 7.44. The van der Waals surface area contributed by atoms with Crippen LogP contribution in [0, 0.1) is 0 Å². The molecule has 0 radical (unpaired) electrons. The molecule has 0 amide bonds. The van der Waals surface area contributed by atoms with Crippen molar-refractivity contribution in [3.05, 3.63) is 56.4 Å². The van der Waals surface area contributed by atoms with Crippen LogP contribution in [0.15, 0.2) is 34.0 Å². The van der Waals surface area contributed by atoms with Crippen molar-refractivity contribution in [2.24, 2.45) is 14.1 Å². The number of nitrogens with one attached hydrogen (secondary N) is 1. The Morgan fingerprint density at radius 2 is 1.93 bits per heavy atom. The molecule has 28 heavy (non-hydrogen) atoms. The number of nitrogens with zero attached hydrogens (tertiary/aromatic N) is 3. The van der Waals surface area contributed by atoms with Crippen molar-refractivity contribution in [2.75, 3.05) is 26.3 Å². The Hall–Kier alpha value is -2.58. The van der Waals surface area contributed by atoms with Crippen LogP contribution in [0.4, 0.5) is 0 Å². The summed E-state index contributed by atoms with van der Waals surface area (Å²) >= 11 is 0. The van der Waals surface area contributed by atoms with Crippen LogP contribution in [0.3, 0.4) is 0 Å². The van der Waals surface area contributed by atoms with Crippen molar-refractivity contribution in [1.82, 2.24) is 19.4 Å². The van der Waals surface area contributed by atoms with E-state index in [9.17, 15) is 9.59 Å². The molecule has 1 fully saturated rings. The largest absolute Gasteiger partial charge is 0.486 e. The second-order valence-corrected chi connectivity index (χ2v) is 7.44. The molecule has 2 aromatic rings. The summed E-state index contributed by atoms with van der Waals surface area (Å²) in [6.45, 7) is 4.16. The van der Waals surface area contributed by atoms with Crippen molar-refractivity contribution >= 4 is 0 Å². The molecule has 2 aliphatic rings. The lowest BCUT2D eigenvalue weighted by atomic mass is 10.1. The van der Waals surface area contributed by atoms with E-state index in [-0.39, 0.29) is 11.2 Å². The number of aryl methyl sites for hydroxylation is 1. The van der Waals surface area contributed by atoms with Crippen molar-refractivity contribution < 1.29 is 9.47 Å². The molecule has 3 heterocycles. The topological polar surface area (TPSA) is 77.7 Å². The van der Waals surface area contributed by atoms with Crippen LogP contribution < -0.4 is 26.0 Å². The molecule has 2 aliphatic heterocycles. The number of hydrogen-bond acceptors (Lipinski definition) is 6. The molecule has 4 rings (SSSR count). The lowest BCUT2D eigenvalue weighted by molar-refractivity contribution is 0.169. The van der Waals surface area contributed by atoms with E-state index in [2.05, 4.69) is 10.2 Å². The van der Waals surface area contributed by atoms with Gasteiger partial charge < -0.3 is 19.4 Å². The smallest absolute Gasteiger partial charge is 0.330 e. The van der Waals surface area contributed by atoms with Gasteiger partial charge in [-0.15, -0.1) is 0 Å². The minimum atomic E-state index is -0.310. The Morgan fingerprint density at radius 1 is 1.14 bits per heavy atom.